The SMILES string of the molecule is NC(N)=N/N=C/C1=C(Oc2ccccc2)c2ccccc2CC1. The van der Waals surface area contributed by atoms with E-state index in [2.05, 4.69) is 22.3 Å². The summed E-state index contributed by atoms with van der Waals surface area (Å²) in [7, 11) is 0. The maximum Gasteiger partial charge on any atom is 0.211 e. The lowest BCUT2D eigenvalue weighted by molar-refractivity contribution is 0.506. The van der Waals surface area contributed by atoms with Crippen LogP contribution in [0, 0.1) is 0 Å². The largest absolute Gasteiger partial charge is 0.456 e. The van der Waals surface area contributed by atoms with E-state index >= 15 is 0 Å². The van der Waals surface area contributed by atoms with Gasteiger partial charge in [0.25, 0.3) is 0 Å². The van der Waals surface area contributed by atoms with Crippen molar-refractivity contribution in [1.29, 1.82) is 0 Å². The standard InChI is InChI=1S/C18H18N4O/c19-18(20)22-21-12-14-11-10-13-6-4-5-9-16(13)17(14)23-15-7-2-1-3-8-15/h1-9,12H,10-11H2,(H4,19,20,22)/b21-12+. The van der Waals surface area contributed by atoms with Gasteiger partial charge in [-0.1, -0.05) is 42.5 Å². The van der Waals surface area contributed by atoms with Crippen molar-refractivity contribution in [2.45, 2.75) is 12.8 Å². The van der Waals surface area contributed by atoms with E-state index in [4.69, 9.17) is 16.2 Å². The molecule has 23 heavy (non-hydrogen) atoms. The highest BCUT2D eigenvalue weighted by Gasteiger charge is 2.19. The van der Waals surface area contributed by atoms with Crippen molar-refractivity contribution >= 4 is 17.9 Å². The van der Waals surface area contributed by atoms with Crippen LogP contribution in [0.3, 0.4) is 0 Å². The van der Waals surface area contributed by atoms with Crippen molar-refractivity contribution in [2.24, 2.45) is 21.7 Å². The fraction of sp³-hybridized carbons (Fsp3) is 0.111. The first-order valence-corrected chi connectivity index (χ1v) is 7.40. The van der Waals surface area contributed by atoms with Gasteiger partial charge in [-0.05, 0) is 30.5 Å². The second-order valence-corrected chi connectivity index (χ2v) is 5.20. The number of para-hydroxylation sites is 1. The van der Waals surface area contributed by atoms with Gasteiger partial charge < -0.3 is 16.2 Å². The van der Waals surface area contributed by atoms with Gasteiger partial charge in [0.05, 0.1) is 6.21 Å². The van der Waals surface area contributed by atoms with Crippen LogP contribution in [-0.2, 0) is 6.42 Å². The molecule has 4 N–H and O–H groups in total. The summed E-state index contributed by atoms with van der Waals surface area (Å²) < 4.78 is 6.13. The van der Waals surface area contributed by atoms with Crippen molar-refractivity contribution in [3.8, 4) is 5.75 Å². The topological polar surface area (TPSA) is 86.0 Å². The summed E-state index contributed by atoms with van der Waals surface area (Å²) in [6.07, 6.45) is 3.41. The molecule has 0 aromatic heterocycles. The summed E-state index contributed by atoms with van der Waals surface area (Å²) in [5.41, 5.74) is 13.9. The molecular weight excluding hydrogens is 288 g/mol. The van der Waals surface area contributed by atoms with E-state index in [1.54, 1.807) is 6.21 Å². The Labute approximate surface area is 135 Å². The highest BCUT2D eigenvalue weighted by molar-refractivity contribution is 5.91. The second kappa shape index (κ2) is 6.79. The molecule has 5 nitrogen and oxygen atoms in total. The Bertz CT molecular complexity index is 775. The number of hydrogen-bond donors (Lipinski definition) is 2. The molecule has 5 heteroatoms. The predicted molar refractivity (Wildman–Crippen MR) is 93.1 cm³/mol. The molecule has 0 spiro atoms. The number of nitrogens with zero attached hydrogens (tertiary/aromatic N) is 2. The lowest BCUT2D eigenvalue weighted by Crippen LogP contribution is -2.21. The minimum absolute atomic E-state index is 0.0661. The molecule has 0 atom stereocenters. The van der Waals surface area contributed by atoms with Crippen LogP contribution in [0.15, 0.2) is 70.4 Å². The van der Waals surface area contributed by atoms with Gasteiger partial charge in [0.2, 0.25) is 5.96 Å². The quantitative estimate of drug-likeness (QED) is 0.517. The van der Waals surface area contributed by atoms with Crippen LogP contribution in [-0.4, -0.2) is 12.2 Å². The summed E-state index contributed by atoms with van der Waals surface area (Å²) in [6.45, 7) is 0. The summed E-state index contributed by atoms with van der Waals surface area (Å²) in [5, 5.41) is 7.60. The molecule has 0 unspecified atom stereocenters. The van der Waals surface area contributed by atoms with Crippen molar-refractivity contribution in [3.05, 3.63) is 71.3 Å². The minimum atomic E-state index is -0.0661. The molecule has 0 amide bonds. The van der Waals surface area contributed by atoms with E-state index in [0.29, 0.717) is 0 Å². The van der Waals surface area contributed by atoms with Gasteiger partial charge in [0.15, 0.2) is 0 Å². The van der Waals surface area contributed by atoms with Crippen LogP contribution in [0.2, 0.25) is 0 Å². The Balaban J connectivity index is 2.02. The third kappa shape index (κ3) is 3.58. The maximum atomic E-state index is 6.13. The normalized spacial score (nSPS) is 13.7. The van der Waals surface area contributed by atoms with E-state index in [9.17, 15) is 0 Å². The molecule has 2 aromatic carbocycles. The minimum Gasteiger partial charge on any atom is -0.456 e. The Kier molecular flexibility index (Phi) is 4.38. The number of hydrogen-bond acceptors (Lipinski definition) is 3. The maximum absolute atomic E-state index is 6.13. The van der Waals surface area contributed by atoms with Crippen LogP contribution in [0.4, 0.5) is 0 Å². The first-order chi connectivity index (χ1) is 11.2. The summed E-state index contributed by atoms with van der Waals surface area (Å²) in [5.74, 6) is 1.52. The zero-order valence-corrected chi connectivity index (χ0v) is 12.6. The Morgan fingerprint density at radius 2 is 1.70 bits per heavy atom. The Morgan fingerprint density at radius 3 is 2.48 bits per heavy atom. The number of allylic oxidation sites excluding steroid dienone is 1. The van der Waals surface area contributed by atoms with Gasteiger partial charge in [-0.25, -0.2) is 0 Å². The van der Waals surface area contributed by atoms with E-state index < -0.39 is 0 Å². The van der Waals surface area contributed by atoms with Gasteiger partial charge >= 0.3 is 0 Å². The van der Waals surface area contributed by atoms with Crippen LogP contribution in [0.5, 0.6) is 5.75 Å². The molecule has 0 saturated heterocycles. The molecule has 0 fully saturated rings. The molecule has 2 aromatic rings. The van der Waals surface area contributed by atoms with E-state index in [1.807, 2.05) is 42.5 Å². The molecule has 1 aliphatic rings. The number of fused-ring (bicyclic) bond motifs is 1. The second-order valence-electron chi connectivity index (χ2n) is 5.20. The lowest BCUT2D eigenvalue weighted by atomic mass is 9.91. The highest BCUT2D eigenvalue weighted by atomic mass is 16.5. The summed E-state index contributed by atoms with van der Waals surface area (Å²) >= 11 is 0. The van der Waals surface area contributed by atoms with Crippen molar-refractivity contribution in [3.63, 3.8) is 0 Å². The number of benzene rings is 2. The Morgan fingerprint density at radius 1 is 0.957 bits per heavy atom. The fourth-order valence-electron chi connectivity index (χ4n) is 2.53. The molecule has 0 bridgehead atoms. The summed E-state index contributed by atoms with van der Waals surface area (Å²) in [4.78, 5) is 0. The first kappa shape index (κ1) is 14.8. The van der Waals surface area contributed by atoms with Gasteiger partial charge in [0.1, 0.15) is 11.5 Å². The van der Waals surface area contributed by atoms with Crippen molar-refractivity contribution in [1.82, 2.24) is 0 Å². The molecule has 0 radical (unpaired) electrons. The van der Waals surface area contributed by atoms with E-state index in [0.717, 1.165) is 35.5 Å². The van der Waals surface area contributed by atoms with Crippen LogP contribution in [0.25, 0.3) is 5.76 Å². The molecule has 0 saturated carbocycles. The fourth-order valence-corrected chi connectivity index (χ4v) is 2.53. The average Bonchev–Trinajstić information content (AvgIpc) is 2.57. The van der Waals surface area contributed by atoms with Crippen molar-refractivity contribution < 1.29 is 4.74 Å². The highest BCUT2D eigenvalue weighted by Crippen LogP contribution is 2.32. The molecular formula is C18H18N4O. The number of rotatable bonds is 4. The van der Waals surface area contributed by atoms with Gasteiger partial charge in [-0.15, -0.1) is 5.10 Å². The molecule has 0 heterocycles. The van der Waals surface area contributed by atoms with E-state index in [-0.39, 0.29) is 5.96 Å². The monoisotopic (exact) mass is 306 g/mol. The number of nitrogens with two attached hydrogens (primary N) is 2. The number of guanidine groups is 1. The van der Waals surface area contributed by atoms with E-state index in [1.165, 1.54) is 5.56 Å². The summed E-state index contributed by atoms with van der Waals surface area (Å²) in [6, 6.07) is 17.9. The average molecular weight is 306 g/mol. The molecule has 116 valence electrons. The van der Waals surface area contributed by atoms with Gasteiger partial charge in [-0.2, -0.15) is 5.10 Å². The molecule has 1 aliphatic carbocycles. The molecule has 3 rings (SSSR count). The predicted octanol–water partition coefficient (Wildman–Crippen LogP) is 2.68. The zero-order chi connectivity index (χ0) is 16.1. The van der Waals surface area contributed by atoms with Crippen LogP contribution < -0.4 is 16.2 Å². The number of ether oxygens (including phenoxy) is 1. The lowest BCUT2D eigenvalue weighted by Gasteiger charge is -2.21. The van der Waals surface area contributed by atoms with Crippen molar-refractivity contribution in [2.75, 3.05) is 0 Å². The zero-order valence-electron chi connectivity index (χ0n) is 12.6. The Hall–Kier alpha value is -3.08. The van der Waals surface area contributed by atoms with Crippen LogP contribution in [0.1, 0.15) is 17.5 Å². The smallest absolute Gasteiger partial charge is 0.211 e. The third-order valence-corrected chi connectivity index (χ3v) is 3.57. The van der Waals surface area contributed by atoms with Crippen LogP contribution >= 0.6 is 0 Å². The first-order valence-electron chi connectivity index (χ1n) is 7.40. The third-order valence-electron chi connectivity index (χ3n) is 3.57. The van der Waals surface area contributed by atoms with Gasteiger partial charge in [0, 0.05) is 11.1 Å². The molecule has 0 aliphatic heterocycles. The van der Waals surface area contributed by atoms with Gasteiger partial charge in [-0.3, -0.25) is 0 Å². The number of aryl methyl sites for hydroxylation is 1.